The van der Waals surface area contributed by atoms with Gasteiger partial charge in [0.15, 0.2) is 0 Å². The van der Waals surface area contributed by atoms with Crippen molar-refractivity contribution in [1.82, 2.24) is 15.3 Å². The smallest absolute Gasteiger partial charge is 0.239 e. The number of halogens is 1. The molecule has 1 amide bonds. The minimum absolute atomic E-state index is 0.113. The van der Waals surface area contributed by atoms with Crippen LogP contribution in [-0.2, 0) is 11.3 Å². The number of hydrogen-bond acceptors (Lipinski definition) is 5. The minimum atomic E-state index is -0.291. The van der Waals surface area contributed by atoms with Crippen LogP contribution in [0.25, 0.3) is 10.2 Å². The number of rotatable bonds is 5. The fraction of sp³-hybridized carbons (Fsp3) is 0.188. The summed E-state index contributed by atoms with van der Waals surface area (Å²) in [4.78, 5) is 22.3. The second-order valence-corrected chi connectivity index (χ2v) is 6.29. The summed E-state index contributed by atoms with van der Waals surface area (Å²) in [7, 11) is 0. The van der Waals surface area contributed by atoms with Gasteiger partial charge in [0.25, 0.3) is 0 Å². The van der Waals surface area contributed by atoms with E-state index in [2.05, 4.69) is 20.6 Å². The molecule has 0 bridgehead atoms. The van der Waals surface area contributed by atoms with Crippen LogP contribution in [0.2, 0.25) is 0 Å². The van der Waals surface area contributed by atoms with Crippen molar-refractivity contribution in [2.24, 2.45) is 0 Å². The topological polar surface area (TPSA) is 66.9 Å². The van der Waals surface area contributed by atoms with Crippen LogP contribution < -0.4 is 10.6 Å². The molecule has 0 aliphatic heterocycles. The number of aromatic nitrogens is 2. The van der Waals surface area contributed by atoms with E-state index in [0.29, 0.717) is 12.4 Å². The second-order valence-electron chi connectivity index (χ2n) is 5.05. The number of amides is 1. The quantitative estimate of drug-likeness (QED) is 0.755. The molecule has 118 valence electrons. The monoisotopic (exact) mass is 330 g/mol. The van der Waals surface area contributed by atoms with Crippen LogP contribution >= 0.6 is 11.3 Å². The zero-order chi connectivity index (χ0) is 16.2. The Morgan fingerprint density at radius 2 is 2.04 bits per heavy atom. The van der Waals surface area contributed by atoms with Gasteiger partial charge in [-0.15, -0.1) is 11.3 Å². The van der Waals surface area contributed by atoms with Crippen LogP contribution in [-0.4, -0.2) is 22.4 Å². The van der Waals surface area contributed by atoms with E-state index < -0.39 is 0 Å². The van der Waals surface area contributed by atoms with Gasteiger partial charge < -0.3 is 10.6 Å². The normalized spacial score (nSPS) is 10.7. The Balaban J connectivity index is 1.57. The maximum Gasteiger partial charge on any atom is 0.239 e. The van der Waals surface area contributed by atoms with E-state index in [-0.39, 0.29) is 18.3 Å². The van der Waals surface area contributed by atoms with Gasteiger partial charge in [0.1, 0.15) is 22.8 Å². The Bertz CT molecular complexity index is 832. The van der Waals surface area contributed by atoms with Crippen molar-refractivity contribution in [1.29, 1.82) is 0 Å². The van der Waals surface area contributed by atoms with Crippen LogP contribution in [0.3, 0.4) is 0 Å². The lowest BCUT2D eigenvalue weighted by Gasteiger charge is -2.08. The molecule has 2 aromatic heterocycles. The number of fused-ring (bicyclic) bond motifs is 1. The molecule has 2 heterocycles. The van der Waals surface area contributed by atoms with E-state index in [1.807, 2.05) is 13.0 Å². The summed E-state index contributed by atoms with van der Waals surface area (Å²) in [5.41, 5.74) is 0.845. The summed E-state index contributed by atoms with van der Waals surface area (Å²) in [6.45, 7) is 2.48. The molecule has 1 aromatic carbocycles. The standard InChI is InChI=1S/C16H15FN4OS/c1-10-6-13-15(20-9-21-16(13)23-10)19-8-14(22)18-7-11-2-4-12(17)5-3-11/h2-6,9H,7-8H2,1H3,(H,18,22)(H,19,20,21). The molecule has 23 heavy (non-hydrogen) atoms. The fourth-order valence-corrected chi connectivity index (χ4v) is 2.99. The lowest BCUT2D eigenvalue weighted by atomic mass is 10.2. The number of anilines is 1. The Morgan fingerprint density at radius 3 is 2.83 bits per heavy atom. The Morgan fingerprint density at radius 1 is 1.26 bits per heavy atom. The van der Waals surface area contributed by atoms with Gasteiger partial charge in [-0.3, -0.25) is 4.79 Å². The molecule has 2 N–H and O–H groups in total. The Labute approximate surface area is 136 Å². The Kier molecular flexibility index (Phi) is 4.47. The van der Waals surface area contributed by atoms with Gasteiger partial charge >= 0.3 is 0 Å². The summed E-state index contributed by atoms with van der Waals surface area (Å²) in [5.74, 6) is 0.199. The fourth-order valence-electron chi connectivity index (χ4n) is 2.15. The Hall–Kier alpha value is -2.54. The zero-order valence-corrected chi connectivity index (χ0v) is 13.3. The highest BCUT2D eigenvalue weighted by molar-refractivity contribution is 7.18. The molecule has 3 aromatic rings. The molecular formula is C16H15FN4OS. The molecule has 0 spiro atoms. The number of nitrogens with zero attached hydrogens (tertiary/aromatic N) is 2. The van der Waals surface area contributed by atoms with Gasteiger partial charge in [0.05, 0.1) is 11.9 Å². The van der Waals surface area contributed by atoms with Gasteiger partial charge in [0, 0.05) is 11.4 Å². The second kappa shape index (κ2) is 6.70. The molecule has 0 aliphatic carbocycles. The van der Waals surface area contributed by atoms with Crippen molar-refractivity contribution in [3.8, 4) is 0 Å². The first-order valence-corrected chi connectivity index (χ1v) is 7.89. The summed E-state index contributed by atoms with van der Waals surface area (Å²) in [6, 6.07) is 8.03. The first-order chi connectivity index (χ1) is 11.1. The van der Waals surface area contributed by atoms with Crippen LogP contribution in [0.4, 0.5) is 10.2 Å². The molecule has 3 rings (SSSR count). The first-order valence-electron chi connectivity index (χ1n) is 7.08. The number of carbonyl (C=O) groups is 1. The lowest BCUT2D eigenvalue weighted by Crippen LogP contribution is -2.29. The third-order valence-electron chi connectivity index (χ3n) is 3.27. The molecule has 7 heteroatoms. The minimum Gasteiger partial charge on any atom is -0.360 e. The highest BCUT2D eigenvalue weighted by Gasteiger charge is 2.08. The summed E-state index contributed by atoms with van der Waals surface area (Å²) >= 11 is 1.59. The molecule has 0 radical (unpaired) electrons. The van der Waals surface area contributed by atoms with Gasteiger partial charge in [-0.25, -0.2) is 14.4 Å². The molecule has 0 unspecified atom stereocenters. The van der Waals surface area contributed by atoms with E-state index >= 15 is 0 Å². The van der Waals surface area contributed by atoms with E-state index in [0.717, 1.165) is 20.7 Å². The summed E-state index contributed by atoms with van der Waals surface area (Å²) in [6.07, 6.45) is 1.48. The van der Waals surface area contributed by atoms with Crippen LogP contribution in [0.1, 0.15) is 10.4 Å². The number of nitrogens with one attached hydrogen (secondary N) is 2. The number of aryl methyl sites for hydroxylation is 1. The number of carbonyl (C=O) groups excluding carboxylic acids is 1. The first kappa shape index (κ1) is 15.4. The highest BCUT2D eigenvalue weighted by atomic mass is 32.1. The summed E-state index contributed by atoms with van der Waals surface area (Å²) < 4.78 is 12.8. The molecule has 0 aliphatic rings. The molecule has 0 saturated carbocycles. The van der Waals surface area contributed by atoms with Crippen LogP contribution in [0.5, 0.6) is 0 Å². The van der Waals surface area contributed by atoms with Crippen molar-refractivity contribution in [2.75, 3.05) is 11.9 Å². The molecule has 0 atom stereocenters. The van der Waals surface area contributed by atoms with Gasteiger partial charge in [0.2, 0.25) is 5.91 Å². The third-order valence-corrected chi connectivity index (χ3v) is 4.23. The van der Waals surface area contributed by atoms with Gasteiger partial charge in [-0.2, -0.15) is 0 Å². The highest BCUT2D eigenvalue weighted by Crippen LogP contribution is 2.27. The summed E-state index contributed by atoms with van der Waals surface area (Å²) in [5, 5.41) is 6.72. The number of thiophene rings is 1. The molecule has 0 saturated heterocycles. The maximum absolute atomic E-state index is 12.8. The number of benzene rings is 1. The van der Waals surface area contributed by atoms with Crippen molar-refractivity contribution in [2.45, 2.75) is 13.5 Å². The molecule has 0 fully saturated rings. The molecule has 5 nitrogen and oxygen atoms in total. The predicted molar refractivity (Wildman–Crippen MR) is 88.9 cm³/mol. The van der Waals surface area contributed by atoms with Crippen LogP contribution in [0, 0.1) is 12.7 Å². The average Bonchev–Trinajstić information content (AvgIpc) is 2.93. The van der Waals surface area contributed by atoms with E-state index in [4.69, 9.17) is 0 Å². The van der Waals surface area contributed by atoms with E-state index in [1.165, 1.54) is 18.5 Å². The third kappa shape index (κ3) is 3.81. The predicted octanol–water partition coefficient (Wildman–Crippen LogP) is 2.87. The van der Waals surface area contributed by atoms with Gasteiger partial charge in [-0.05, 0) is 30.7 Å². The van der Waals surface area contributed by atoms with E-state index in [1.54, 1.807) is 23.5 Å². The van der Waals surface area contributed by atoms with E-state index in [9.17, 15) is 9.18 Å². The average molecular weight is 330 g/mol. The number of hydrogen-bond donors (Lipinski definition) is 2. The van der Waals surface area contributed by atoms with Crippen molar-refractivity contribution < 1.29 is 9.18 Å². The van der Waals surface area contributed by atoms with Crippen molar-refractivity contribution >= 4 is 33.3 Å². The maximum atomic E-state index is 12.8. The van der Waals surface area contributed by atoms with Crippen LogP contribution in [0.15, 0.2) is 36.7 Å². The van der Waals surface area contributed by atoms with Crippen molar-refractivity contribution in [3.63, 3.8) is 0 Å². The van der Waals surface area contributed by atoms with Crippen molar-refractivity contribution in [3.05, 3.63) is 52.9 Å². The largest absolute Gasteiger partial charge is 0.360 e. The lowest BCUT2D eigenvalue weighted by molar-refractivity contribution is -0.119. The zero-order valence-electron chi connectivity index (χ0n) is 12.5. The SMILES string of the molecule is Cc1cc2c(NCC(=O)NCc3ccc(F)cc3)ncnc2s1. The molecular weight excluding hydrogens is 315 g/mol. The van der Waals surface area contributed by atoms with Gasteiger partial charge in [-0.1, -0.05) is 12.1 Å².